The Labute approximate surface area is 158 Å². The van der Waals surface area contributed by atoms with Gasteiger partial charge in [-0.15, -0.1) is 0 Å². The topological polar surface area (TPSA) is 109 Å². The summed E-state index contributed by atoms with van der Waals surface area (Å²) in [7, 11) is 0. The maximum absolute atomic E-state index is 11.9. The number of nitrogens with one attached hydrogen (secondary N) is 3. The van der Waals surface area contributed by atoms with Crippen LogP contribution in [-0.2, 0) is 5.41 Å². The van der Waals surface area contributed by atoms with Crippen molar-refractivity contribution in [1.29, 1.82) is 0 Å². The molecule has 3 aromatic rings. The van der Waals surface area contributed by atoms with Crippen molar-refractivity contribution in [2.75, 3.05) is 11.1 Å². The zero-order valence-electron chi connectivity index (χ0n) is 16.3. The fourth-order valence-electron chi connectivity index (χ4n) is 2.83. The molecule has 0 atom stereocenters. The maximum Gasteiger partial charge on any atom is 0.319 e. The Bertz CT molecular complexity index is 967. The summed E-state index contributed by atoms with van der Waals surface area (Å²) in [5, 5.41) is 13.5. The van der Waals surface area contributed by atoms with Crippen LogP contribution in [0.4, 0.5) is 16.3 Å². The summed E-state index contributed by atoms with van der Waals surface area (Å²) in [4.78, 5) is 16.5. The van der Waals surface area contributed by atoms with Crippen LogP contribution in [0.5, 0.6) is 0 Å². The molecule has 0 aliphatic rings. The van der Waals surface area contributed by atoms with E-state index in [4.69, 9.17) is 5.73 Å². The molecule has 5 N–H and O–H groups in total. The molecule has 0 saturated heterocycles. The SMILES string of the molecule is CC(C)NC(=O)Nc1ccc(-c2cc(C(C)(C)C)nc3[nH]nc(N)c23)cc1. The van der Waals surface area contributed by atoms with Gasteiger partial charge in [0.15, 0.2) is 11.5 Å². The van der Waals surface area contributed by atoms with Gasteiger partial charge in [-0.25, -0.2) is 9.78 Å². The minimum atomic E-state index is -0.224. The highest BCUT2D eigenvalue weighted by molar-refractivity contribution is 6.00. The number of rotatable bonds is 3. The predicted octanol–water partition coefficient (Wildman–Crippen LogP) is 4.03. The third-order valence-corrected chi connectivity index (χ3v) is 4.20. The largest absolute Gasteiger partial charge is 0.382 e. The lowest BCUT2D eigenvalue weighted by atomic mass is 9.89. The van der Waals surface area contributed by atoms with Crippen LogP contribution < -0.4 is 16.4 Å². The molecule has 0 saturated carbocycles. The van der Waals surface area contributed by atoms with E-state index in [1.165, 1.54) is 0 Å². The molecule has 7 nitrogen and oxygen atoms in total. The number of anilines is 2. The van der Waals surface area contributed by atoms with Crippen LogP contribution >= 0.6 is 0 Å². The van der Waals surface area contributed by atoms with E-state index < -0.39 is 0 Å². The van der Waals surface area contributed by atoms with Crippen LogP contribution in [0.3, 0.4) is 0 Å². The van der Waals surface area contributed by atoms with E-state index >= 15 is 0 Å². The van der Waals surface area contributed by atoms with Gasteiger partial charge >= 0.3 is 6.03 Å². The quantitative estimate of drug-likeness (QED) is 0.561. The van der Waals surface area contributed by atoms with Gasteiger partial charge in [0, 0.05) is 22.8 Å². The predicted molar refractivity (Wildman–Crippen MR) is 110 cm³/mol. The maximum atomic E-state index is 11.9. The Morgan fingerprint density at radius 2 is 1.85 bits per heavy atom. The van der Waals surface area contributed by atoms with Gasteiger partial charge in [-0.3, -0.25) is 5.10 Å². The number of H-pyrrole nitrogens is 1. The van der Waals surface area contributed by atoms with Crippen molar-refractivity contribution in [3.05, 3.63) is 36.0 Å². The molecule has 1 aromatic carbocycles. The van der Waals surface area contributed by atoms with Crippen molar-refractivity contribution in [1.82, 2.24) is 20.5 Å². The normalized spacial score (nSPS) is 11.8. The van der Waals surface area contributed by atoms with Gasteiger partial charge in [-0.2, -0.15) is 5.10 Å². The van der Waals surface area contributed by atoms with Gasteiger partial charge in [0.25, 0.3) is 0 Å². The zero-order chi connectivity index (χ0) is 19.8. The molecule has 0 spiro atoms. The fourth-order valence-corrected chi connectivity index (χ4v) is 2.83. The molecule has 0 bridgehead atoms. The molecule has 3 rings (SSSR count). The number of fused-ring (bicyclic) bond motifs is 1. The van der Waals surface area contributed by atoms with E-state index in [1.54, 1.807) is 0 Å². The first-order valence-electron chi connectivity index (χ1n) is 8.98. The molecule has 142 valence electrons. The number of nitrogens with two attached hydrogens (primary N) is 1. The molecule has 2 heterocycles. The highest BCUT2D eigenvalue weighted by Gasteiger charge is 2.20. The van der Waals surface area contributed by atoms with Crippen LogP contribution in [0, 0.1) is 0 Å². The van der Waals surface area contributed by atoms with E-state index in [0.29, 0.717) is 11.5 Å². The smallest absolute Gasteiger partial charge is 0.319 e. The first-order chi connectivity index (χ1) is 12.6. The number of carbonyl (C=O) groups is 1. The molecular weight excluding hydrogens is 340 g/mol. The lowest BCUT2D eigenvalue weighted by Crippen LogP contribution is -2.34. The molecular formula is C20H26N6O. The number of carbonyl (C=O) groups excluding carboxylic acids is 1. The van der Waals surface area contributed by atoms with E-state index in [0.717, 1.165) is 27.9 Å². The van der Waals surface area contributed by atoms with Gasteiger partial charge in [0.1, 0.15) is 0 Å². The summed E-state index contributed by atoms with van der Waals surface area (Å²) >= 11 is 0. The Kier molecular flexibility index (Phi) is 4.78. The Morgan fingerprint density at radius 1 is 1.19 bits per heavy atom. The van der Waals surface area contributed by atoms with Crippen LogP contribution in [0.15, 0.2) is 30.3 Å². The van der Waals surface area contributed by atoms with Crippen molar-refractivity contribution in [2.45, 2.75) is 46.1 Å². The summed E-state index contributed by atoms with van der Waals surface area (Å²) in [5.74, 6) is 0.423. The van der Waals surface area contributed by atoms with Crippen molar-refractivity contribution in [3.63, 3.8) is 0 Å². The third-order valence-electron chi connectivity index (χ3n) is 4.20. The van der Waals surface area contributed by atoms with Gasteiger partial charge in [0.05, 0.1) is 5.39 Å². The number of hydrogen-bond donors (Lipinski definition) is 4. The lowest BCUT2D eigenvalue weighted by Gasteiger charge is -2.19. The molecule has 0 fully saturated rings. The number of amides is 2. The zero-order valence-corrected chi connectivity index (χ0v) is 16.3. The monoisotopic (exact) mass is 366 g/mol. The molecule has 0 aliphatic heterocycles. The average Bonchev–Trinajstić information content (AvgIpc) is 2.95. The Balaban J connectivity index is 1.99. The van der Waals surface area contributed by atoms with Crippen LogP contribution in [0.2, 0.25) is 0 Å². The highest BCUT2D eigenvalue weighted by atomic mass is 16.2. The Hall–Kier alpha value is -3.09. The average molecular weight is 366 g/mol. The second-order valence-corrected chi connectivity index (χ2v) is 7.97. The lowest BCUT2D eigenvalue weighted by molar-refractivity contribution is 0.250. The minimum Gasteiger partial charge on any atom is -0.382 e. The second kappa shape index (κ2) is 6.90. The molecule has 7 heteroatoms. The van der Waals surface area contributed by atoms with Crippen molar-refractivity contribution in [2.24, 2.45) is 0 Å². The summed E-state index contributed by atoms with van der Waals surface area (Å²) < 4.78 is 0. The molecule has 2 amide bonds. The van der Waals surface area contributed by atoms with E-state index in [-0.39, 0.29) is 17.5 Å². The second-order valence-electron chi connectivity index (χ2n) is 7.97. The number of urea groups is 1. The summed E-state index contributed by atoms with van der Waals surface area (Å²) in [5.41, 5.74) is 10.3. The standard InChI is InChI=1S/C20H26N6O/c1-11(2)22-19(27)23-13-8-6-12(7-9-13)14-10-15(20(3,4)5)24-18-16(14)17(21)25-26-18/h6-11H,1-5H3,(H2,22,23,27)(H3,21,24,25,26). The number of benzene rings is 1. The van der Waals surface area contributed by atoms with Crippen molar-refractivity contribution in [3.8, 4) is 11.1 Å². The first-order valence-corrected chi connectivity index (χ1v) is 8.98. The van der Waals surface area contributed by atoms with E-state index in [9.17, 15) is 4.79 Å². The van der Waals surface area contributed by atoms with Crippen molar-refractivity contribution < 1.29 is 4.79 Å². The van der Waals surface area contributed by atoms with Crippen molar-refractivity contribution >= 4 is 28.6 Å². The number of nitrogen functional groups attached to an aromatic ring is 1. The molecule has 27 heavy (non-hydrogen) atoms. The summed E-state index contributed by atoms with van der Waals surface area (Å²) in [6.45, 7) is 10.2. The van der Waals surface area contributed by atoms with Crippen LogP contribution in [-0.4, -0.2) is 27.3 Å². The molecule has 0 aliphatic carbocycles. The van der Waals surface area contributed by atoms with E-state index in [1.807, 2.05) is 38.1 Å². The summed E-state index contributed by atoms with van der Waals surface area (Å²) in [6, 6.07) is 9.56. The summed E-state index contributed by atoms with van der Waals surface area (Å²) in [6.07, 6.45) is 0. The number of aromatic nitrogens is 3. The number of hydrogen-bond acceptors (Lipinski definition) is 4. The molecule has 2 aromatic heterocycles. The van der Waals surface area contributed by atoms with Crippen LogP contribution in [0.25, 0.3) is 22.2 Å². The highest BCUT2D eigenvalue weighted by Crippen LogP contribution is 2.34. The molecule has 0 unspecified atom stereocenters. The van der Waals surface area contributed by atoms with Gasteiger partial charge < -0.3 is 16.4 Å². The van der Waals surface area contributed by atoms with Gasteiger partial charge in [-0.05, 0) is 43.2 Å². The van der Waals surface area contributed by atoms with Gasteiger partial charge in [0.2, 0.25) is 0 Å². The molecule has 0 radical (unpaired) electrons. The van der Waals surface area contributed by atoms with E-state index in [2.05, 4.69) is 52.7 Å². The van der Waals surface area contributed by atoms with Gasteiger partial charge in [-0.1, -0.05) is 32.9 Å². The minimum absolute atomic E-state index is 0.0780. The third kappa shape index (κ3) is 4.02. The first kappa shape index (κ1) is 18.7. The number of nitrogens with zero attached hydrogens (tertiary/aromatic N) is 2. The Morgan fingerprint density at radius 3 is 2.44 bits per heavy atom. The fraction of sp³-hybridized carbons (Fsp3) is 0.350. The number of aromatic amines is 1. The van der Waals surface area contributed by atoms with Crippen LogP contribution in [0.1, 0.15) is 40.3 Å². The number of pyridine rings is 1.